The summed E-state index contributed by atoms with van der Waals surface area (Å²) in [6.07, 6.45) is 2.43. The van der Waals surface area contributed by atoms with E-state index in [1.165, 1.54) is 0 Å². The van der Waals surface area contributed by atoms with Crippen molar-refractivity contribution in [3.8, 4) is 11.3 Å². The van der Waals surface area contributed by atoms with Crippen molar-refractivity contribution in [1.29, 1.82) is 0 Å². The van der Waals surface area contributed by atoms with E-state index in [0.717, 1.165) is 36.5 Å². The predicted octanol–water partition coefficient (Wildman–Crippen LogP) is 1.92. The van der Waals surface area contributed by atoms with E-state index >= 15 is 0 Å². The summed E-state index contributed by atoms with van der Waals surface area (Å²) in [6.45, 7) is 1.93. The summed E-state index contributed by atoms with van der Waals surface area (Å²) in [7, 11) is 0. The fourth-order valence-electron chi connectivity index (χ4n) is 2.37. The Morgan fingerprint density at radius 1 is 1.36 bits per heavy atom. The Balaban J connectivity index is 1.52. The molecule has 0 radical (unpaired) electrons. The van der Waals surface area contributed by atoms with E-state index < -0.39 is 0 Å². The van der Waals surface area contributed by atoms with Gasteiger partial charge in [0.25, 0.3) is 0 Å². The van der Waals surface area contributed by atoms with Gasteiger partial charge < -0.3 is 20.3 Å². The molecular weight excluding hydrogens is 280 g/mol. The van der Waals surface area contributed by atoms with Crippen LogP contribution in [0.4, 0.5) is 0 Å². The Morgan fingerprint density at radius 2 is 2.23 bits per heavy atom. The summed E-state index contributed by atoms with van der Waals surface area (Å²) >= 11 is 0. The van der Waals surface area contributed by atoms with Crippen molar-refractivity contribution >= 4 is 5.96 Å². The third kappa shape index (κ3) is 3.85. The Hall–Kier alpha value is -2.34. The number of ether oxygens (including phenoxy) is 1. The van der Waals surface area contributed by atoms with E-state index in [-0.39, 0.29) is 6.10 Å². The van der Waals surface area contributed by atoms with E-state index in [9.17, 15) is 0 Å². The van der Waals surface area contributed by atoms with Gasteiger partial charge in [-0.25, -0.2) is 4.99 Å². The number of guanidine groups is 1. The number of hydrogen-bond acceptors (Lipinski definition) is 4. The van der Waals surface area contributed by atoms with Gasteiger partial charge in [0.15, 0.2) is 11.7 Å². The van der Waals surface area contributed by atoms with Crippen LogP contribution in [0.2, 0.25) is 0 Å². The Labute approximate surface area is 129 Å². The van der Waals surface area contributed by atoms with Crippen LogP contribution in [-0.4, -0.2) is 30.4 Å². The maximum atomic E-state index is 5.84. The molecule has 0 amide bonds. The predicted molar refractivity (Wildman–Crippen MR) is 84.2 cm³/mol. The Morgan fingerprint density at radius 3 is 3.00 bits per heavy atom. The zero-order valence-electron chi connectivity index (χ0n) is 12.4. The van der Waals surface area contributed by atoms with Crippen molar-refractivity contribution in [3.05, 3.63) is 42.1 Å². The molecule has 3 rings (SSSR count). The number of nitrogens with zero attached hydrogens (tertiary/aromatic N) is 2. The minimum atomic E-state index is 0.241. The highest BCUT2D eigenvalue weighted by Gasteiger charge is 2.15. The van der Waals surface area contributed by atoms with Crippen LogP contribution in [0.3, 0.4) is 0 Å². The number of benzene rings is 1. The first-order chi connectivity index (χ1) is 10.8. The van der Waals surface area contributed by atoms with E-state index in [2.05, 4.69) is 15.5 Å². The van der Waals surface area contributed by atoms with Gasteiger partial charge in [0.1, 0.15) is 5.69 Å². The quantitative estimate of drug-likeness (QED) is 0.651. The molecule has 0 aliphatic carbocycles. The average molecular weight is 300 g/mol. The van der Waals surface area contributed by atoms with Crippen molar-refractivity contribution in [2.24, 2.45) is 10.7 Å². The molecule has 3 N–H and O–H groups in total. The molecule has 116 valence electrons. The summed E-state index contributed by atoms with van der Waals surface area (Å²) in [5.41, 5.74) is 7.59. The van der Waals surface area contributed by atoms with Crippen LogP contribution < -0.4 is 11.1 Å². The highest BCUT2D eigenvalue weighted by Crippen LogP contribution is 2.19. The molecule has 1 aliphatic heterocycles. The highest BCUT2D eigenvalue weighted by atomic mass is 16.5. The molecule has 6 nitrogen and oxygen atoms in total. The van der Waals surface area contributed by atoms with Gasteiger partial charge in [0, 0.05) is 24.8 Å². The van der Waals surface area contributed by atoms with Gasteiger partial charge in [0.2, 0.25) is 0 Å². The molecule has 1 aliphatic rings. The number of aromatic nitrogens is 1. The average Bonchev–Trinajstić information content (AvgIpc) is 3.23. The van der Waals surface area contributed by atoms with Crippen molar-refractivity contribution in [1.82, 2.24) is 10.5 Å². The molecule has 6 heteroatoms. The molecule has 2 aromatic rings. The number of aliphatic imine (C=N–C) groups is 1. The second-order valence-electron chi connectivity index (χ2n) is 5.27. The van der Waals surface area contributed by atoms with Gasteiger partial charge in [-0.05, 0) is 12.8 Å². The van der Waals surface area contributed by atoms with Crippen LogP contribution in [0.15, 0.2) is 45.9 Å². The number of rotatable bonds is 5. The van der Waals surface area contributed by atoms with E-state index in [4.69, 9.17) is 15.0 Å². The highest BCUT2D eigenvalue weighted by molar-refractivity contribution is 5.77. The number of hydrogen-bond donors (Lipinski definition) is 2. The maximum absolute atomic E-state index is 5.84. The standard InChI is InChI=1S/C16H20N4O2/c17-16(19-11-14-7-4-8-21-14)18-10-13-9-15(22-20-13)12-5-2-1-3-6-12/h1-3,5-6,9,14H,4,7-8,10-11H2,(H3,17,18,19). The molecule has 1 atom stereocenters. The minimum Gasteiger partial charge on any atom is -0.376 e. The second kappa shape index (κ2) is 7.09. The van der Waals surface area contributed by atoms with Crippen molar-refractivity contribution in [2.45, 2.75) is 25.5 Å². The fraction of sp³-hybridized carbons (Fsp3) is 0.375. The topological polar surface area (TPSA) is 85.7 Å². The zero-order chi connectivity index (χ0) is 15.2. The van der Waals surface area contributed by atoms with Crippen molar-refractivity contribution in [2.75, 3.05) is 13.2 Å². The van der Waals surface area contributed by atoms with Crippen LogP contribution in [0, 0.1) is 0 Å². The summed E-state index contributed by atoms with van der Waals surface area (Å²) in [4.78, 5) is 4.27. The normalized spacial score (nSPS) is 18.5. The molecule has 2 heterocycles. The molecule has 1 aromatic carbocycles. The molecule has 1 unspecified atom stereocenters. The number of nitrogens with two attached hydrogens (primary N) is 1. The maximum Gasteiger partial charge on any atom is 0.189 e. The van der Waals surface area contributed by atoms with Crippen LogP contribution in [0.1, 0.15) is 18.5 Å². The van der Waals surface area contributed by atoms with E-state index in [0.29, 0.717) is 19.0 Å². The van der Waals surface area contributed by atoms with Crippen LogP contribution in [0.5, 0.6) is 0 Å². The molecule has 22 heavy (non-hydrogen) atoms. The Bertz CT molecular complexity index is 618. The summed E-state index contributed by atoms with van der Waals surface area (Å²) in [5.74, 6) is 1.14. The lowest BCUT2D eigenvalue weighted by molar-refractivity contribution is 0.114. The molecule has 0 bridgehead atoms. The SMILES string of the molecule is NC(=NCc1cc(-c2ccccc2)on1)NCC1CCCO1. The third-order valence-corrected chi connectivity index (χ3v) is 3.56. The zero-order valence-corrected chi connectivity index (χ0v) is 12.4. The molecule has 0 spiro atoms. The largest absolute Gasteiger partial charge is 0.376 e. The fourth-order valence-corrected chi connectivity index (χ4v) is 2.37. The summed E-state index contributed by atoms with van der Waals surface area (Å²) < 4.78 is 10.8. The summed E-state index contributed by atoms with van der Waals surface area (Å²) in [6, 6.07) is 11.7. The second-order valence-corrected chi connectivity index (χ2v) is 5.27. The lowest BCUT2D eigenvalue weighted by Crippen LogP contribution is -2.37. The monoisotopic (exact) mass is 300 g/mol. The van der Waals surface area contributed by atoms with Gasteiger partial charge in [-0.15, -0.1) is 0 Å². The van der Waals surface area contributed by atoms with Crippen molar-refractivity contribution < 1.29 is 9.26 Å². The minimum absolute atomic E-state index is 0.241. The lowest BCUT2D eigenvalue weighted by Gasteiger charge is -2.10. The van der Waals surface area contributed by atoms with Gasteiger partial charge >= 0.3 is 0 Å². The molecule has 1 fully saturated rings. The Kier molecular flexibility index (Phi) is 4.70. The van der Waals surface area contributed by atoms with Crippen molar-refractivity contribution in [3.63, 3.8) is 0 Å². The van der Waals surface area contributed by atoms with Gasteiger partial charge in [-0.3, -0.25) is 0 Å². The van der Waals surface area contributed by atoms with Gasteiger partial charge in [-0.2, -0.15) is 0 Å². The van der Waals surface area contributed by atoms with Gasteiger partial charge in [-0.1, -0.05) is 35.5 Å². The first-order valence-corrected chi connectivity index (χ1v) is 7.47. The van der Waals surface area contributed by atoms with E-state index in [1.54, 1.807) is 0 Å². The van der Waals surface area contributed by atoms with Gasteiger partial charge in [0.05, 0.1) is 12.6 Å². The smallest absolute Gasteiger partial charge is 0.189 e. The third-order valence-electron chi connectivity index (χ3n) is 3.56. The van der Waals surface area contributed by atoms with Crippen LogP contribution in [-0.2, 0) is 11.3 Å². The molecule has 1 aromatic heterocycles. The van der Waals surface area contributed by atoms with E-state index in [1.807, 2.05) is 36.4 Å². The van der Waals surface area contributed by atoms with Crippen LogP contribution in [0.25, 0.3) is 11.3 Å². The molecule has 0 saturated carbocycles. The molecular formula is C16H20N4O2. The lowest BCUT2D eigenvalue weighted by atomic mass is 10.2. The summed E-state index contributed by atoms with van der Waals surface area (Å²) in [5, 5.41) is 7.09. The number of nitrogens with one attached hydrogen (secondary N) is 1. The molecule has 1 saturated heterocycles. The van der Waals surface area contributed by atoms with Crippen LogP contribution >= 0.6 is 0 Å². The first-order valence-electron chi connectivity index (χ1n) is 7.47. The first kappa shape index (κ1) is 14.6.